The molecular weight excluding hydrogens is 230 g/mol. The Hall–Kier alpha value is -0.740. The molecular formula is C13H21N3S. The van der Waals surface area contributed by atoms with Crippen molar-refractivity contribution in [3.63, 3.8) is 0 Å². The zero-order chi connectivity index (χ0) is 12.1. The Kier molecular flexibility index (Phi) is 4.68. The van der Waals surface area contributed by atoms with Gasteiger partial charge in [-0.05, 0) is 25.6 Å². The van der Waals surface area contributed by atoms with E-state index >= 15 is 0 Å². The van der Waals surface area contributed by atoms with Crippen LogP contribution in [0.5, 0.6) is 0 Å². The van der Waals surface area contributed by atoms with E-state index in [0.717, 1.165) is 25.3 Å². The standard InChI is InChI=1S/C13H21N3S/c1-3-14-9-12-8-13(4-5-15-12)16-6-7-17-10-11(16)2/h4-5,8,11,14H,3,6-7,9-10H2,1-2H3. The third-order valence-corrected chi connectivity index (χ3v) is 4.24. The summed E-state index contributed by atoms with van der Waals surface area (Å²) in [6.07, 6.45) is 1.93. The Labute approximate surface area is 108 Å². The average molecular weight is 251 g/mol. The van der Waals surface area contributed by atoms with Crippen molar-refractivity contribution in [3.8, 4) is 0 Å². The van der Waals surface area contributed by atoms with Gasteiger partial charge < -0.3 is 10.2 Å². The highest BCUT2D eigenvalue weighted by Crippen LogP contribution is 2.23. The van der Waals surface area contributed by atoms with Gasteiger partial charge in [-0.25, -0.2) is 0 Å². The predicted octanol–water partition coefficient (Wildman–Crippen LogP) is 2.13. The highest BCUT2D eigenvalue weighted by Gasteiger charge is 2.18. The first-order valence-corrected chi connectivity index (χ1v) is 7.46. The minimum Gasteiger partial charge on any atom is -0.367 e. The molecule has 1 saturated heterocycles. The van der Waals surface area contributed by atoms with Crippen LogP contribution >= 0.6 is 11.8 Å². The van der Waals surface area contributed by atoms with E-state index in [1.54, 1.807) is 0 Å². The molecule has 94 valence electrons. The van der Waals surface area contributed by atoms with Gasteiger partial charge in [-0.3, -0.25) is 4.98 Å². The van der Waals surface area contributed by atoms with E-state index in [-0.39, 0.29) is 0 Å². The van der Waals surface area contributed by atoms with Crippen LogP contribution < -0.4 is 10.2 Å². The maximum Gasteiger partial charge on any atom is 0.0562 e. The van der Waals surface area contributed by atoms with Crippen LogP contribution in [0.3, 0.4) is 0 Å². The fourth-order valence-corrected chi connectivity index (χ4v) is 3.12. The smallest absolute Gasteiger partial charge is 0.0562 e. The lowest BCUT2D eigenvalue weighted by molar-refractivity contribution is 0.690. The van der Waals surface area contributed by atoms with Crippen LogP contribution in [-0.4, -0.2) is 35.6 Å². The molecule has 2 heterocycles. The van der Waals surface area contributed by atoms with Crippen molar-refractivity contribution in [1.82, 2.24) is 10.3 Å². The summed E-state index contributed by atoms with van der Waals surface area (Å²) < 4.78 is 0. The highest BCUT2D eigenvalue weighted by molar-refractivity contribution is 7.99. The Balaban J connectivity index is 2.08. The van der Waals surface area contributed by atoms with Crippen molar-refractivity contribution in [2.75, 3.05) is 29.5 Å². The van der Waals surface area contributed by atoms with E-state index in [9.17, 15) is 0 Å². The number of pyridine rings is 1. The fourth-order valence-electron chi connectivity index (χ4n) is 2.10. The van der Waals surface area contributed by atoms with Gasteiger partial charge in [-0.2, -0.15) is 11.8 Å². The molecule has 2 rings (SSSR count). The molecule has 1 atom stereocenters. The number of rotatable bonds is 4. The number of nitrogens with one attached hydrogen (secondary N) is 1. The SMILES string of the molecule is CCNCc1cc(N2CCSCC2C)ccn1. The first-order chi connectivity index (χ1) is 8.31. The molecule has 1 fully saturated rings. The number of hydrogen-bond donors (Lipinski definition) is 1. The molecule has 3 nitrogen and oxygen atoms in total. The number of thioether (sulfide) groups is 1. The summed E-state index contributed by atoms with van der Waals surface area (Å²) in [6, 6.07) is 4.97. The van der Waals surface area contributed by atoms with E-state index in [1.165, 1.54) is 17.2 Å². The number of aromatic nitrogens is 1. The Morgan fingerprint density at radius 1 is 1.59 bits per heavy atom. The largest absolute Gasteiger partial charge is 0.367 e. The molecule has 1 aromatic rings. The number of hydrogen-bond acceptors (Lipinski definition) is 4. The molecule has 1 unspecified atom stereocenters. The van der Waals surface area contributed by atoms with Crippen molar-refractivity contribution in [2.24, 2.45) is 0 Å². The summed E-state index contributed by atoms with van der Waals surface area (Å²) in [5, 5.41) is 3.32. The van der Waals surface area contributed by atoms with Crippen molar-refractivity contribution in [2.45, 2.75) is 26.4 Å². The number of nitrogens with zero attached hydrogens (tertiary/aromatic N) is 2. The lowest BCUT2D eigenvalue weighted by Crippen LogP contribution is -2.40. The van der Waals surface area contributed by atoms with Crippen LogP contribution in [0.15, 0.2) is 18.3 Å². The van der Waals surface area contributed by atoms with Gasteiger partial charge in [-0.1, -0.05) is 6.92 Å². The summed E-state index contributed by atoms with van der Waals surface area (Å²) in [4.78, 5) is 6.90. The maximum atomic E-state index is 4.40. The van der Waals surface area contributed by atoms with Crippen molar-refractivity contribution in [1.29, 1.82) is 0 Å². The zero-order valence-corrected chi connectivity index (χ0v) is 11.5. The molecule has 1 N–H and O–H groups in total. The second kappa shape index (κ2) is 6.26. The average Bonchev–Trinajstić information content (AvgIpc) is 2.37. The van der Waals surface area contributed by atoms with Gasteiger partial charge >= 0.3 is 0 Å². The lowest BCUT2D eigenvalue weighted by atomic mass is 10.2. The molecule has 4 heteroatoms. The van der Waals surface area contributed by atoms with Crippen LogP contribution in [0, 0.1) is 0 Å². The van der Waals surface area contributed by atoms with Gasteiger partial charge in [-0.15, -0.1) is 0 Å². The van der Waals surface area contributed by atoms with Crippen LogP contribution in [0.4, 0.5) is 5.69 Å². The second-order valence-corrected chi connectivity index (χ2v) is 5.55. The predicted molar refractivity (Wildman–Crippen MR) is 75.8 cm³/mol. The summed E-state index contributed by atoms with van der Waals surface area (Å²) in [6.45, 7) is 7.42. The monoisotopic (exact) mass is 251 g/mol. The van der Waals surface area contributed by atoms with Crippen LogP contribution in [-0.2, 0) is 6.54 Å². The molecule has 0 aliphatic carbocycles. The quantitative estimate of drug-likeness (QED) is 0.887. The van der Waals surface area contributed by atoms with Gasteiger partial charge in [0.2, 0.25) is 0 Å². The lowest BCUT2D eigenvalue weighted by Gasteiger charge is -2.35. The number of anilines is 1. The van der Waals surface area contributed by atoms with Crippen LogP contribution in [0.1, 0.15) is 19.5 Å². The summed E-state index contributed by atoms with van der Waals surface area (Å²) in [5.74, 6) is 2.46. The topological polar surface area (TPSA) is 28.2 Å². The maximum absolute atomic E-state index is 4.40. The molecule has 1 aromatic heterocycles. The van der Waals surface area contributed by atoms with Gasteiger partial charge in [0, 0.05) is 42.5 Å². The van der Waals surface area contributed by atoms with Crippen molar-refractivity contribution < 1.29 is 0 Å². The van der Waals surface area contributed by atoms with Gasteiger partial charge in [0.1, 0.15) is 0 Å². The molecule has 0 saturated carbocycles. The van der Waals surface area contributed by atoms with E-state index < -0.39 is 0 Å². The molecule has 0 spiro atoms. The summed E-state index contributed by atoms with van der Waals surface area (Å²) in [5.41, 5.74) is 2.45. The molecule has 1 aliphatic heterocycles. The Morgan fingerprint density at radius 3 is 3.24 bits per heavy atom. The molecule has 0 bridgehead atoms. The van der Waals surface area contributed by atoms with Gasteiger partial charge in [0.05, 0.1) is 5.69 Å². The van der Waals surface area contributed by atoms with Gasteiger partial charge in [0.25, 0.3) is 0 Å². The van der Waals surface area contributed by atoms with E-state index in [1.807, 2.05) is 18.0 Å². The van der Waals surface area contributed by atoms with Gasteiger partial charge in [0.15, 0.2) is 0 Å². The third-order valence-electron chi connectivity index (χ3n) is 3.06. The first kappa shape index (κ1) is 12.7. The fraction of sp³-hybridized carbons (Fsp3) is 0.615. The highest BCUT2D eigenvalue weighted by atomic mass is 32.2. The zero-order valence-electron chi connectivity index (χ0n) is 10.6. The minimum absolute atomic E-state index is 0.628. The van der Waals surface area contributed by atoms with Crippen LogP contribution in [0.2, 0.25) is 0 Å². The molecule has 1 aliphatic rings. The summed E-state index contributed by atoms with van der Waals surface area (Å²) in [7, 11) is 0. The molecule has 0 amide bonds. The Bertz CT molecular complexity index is 356. The molecule has 0 radical (unpaired) electrons. The Morgan fingerprint density at radius 2 is 2.47 bits per heavy atom. The first-order valence-electron chi connectivity index (χ1n) is 6.31. The molecule has 17 heavy (non-hydrogen) atoms. The van der Waals surface area contributed by atoms with E-state index in [4.69, 9.17) is 0 Å². The molecule has 0 aromatic carbocycles. The normalized spacial score (nSPS) is 20.6. The van der Waals surface area contributed by atoms with Crippen LogP contribution in [0.25, 0.3) is 0 Å². The van der Waals surface area contributed by atoms with Crippen molar-refractivity contribution in [3.05, 3.63) is 24.0 Å². The van der Waals surface area contributed by atoms with E-state index in [2.05, 4.69) is 41.2 Å². The summed E-state index contributed by atoms with van der Waals surface area (Å²) >= 11 is 2.05. The van der Waals surface area contributed by atoms with Crippen molar-refractivity contribution >= 4 is 17.4 Å². The van der Waals surface area contributed by atoms with E-state index in [0.29, 0.717) is 6.04 Å². The third kappa shape index (κ3) is 3.36. The second-order valence-electron chi connectivity index (χ2n) is 4.40. The minimum atomic E-state index is 0.628.